The van der Waals surface area contributed by atoms with Crippen molar-refractivity contribution in [3.05, 3.63) is 41.5 Å². The molecule has 1 atom stereocenters. The predicted octanol–water partition coefficient (Wildman–Crippen LogP) is 1.80. The smallest absolute Gasteiger partial charge is 0.265 e. The molecule has 1 aliphatic heterocycles. The summed E-state index contributed by atoms with van der Waals surface area (Å²) in [5.41, 5.74) is 0.423. The van der Waals surface area contributed by atoms with Crippen molar-refractivity contribution in [2.75, 3.05) is 16.2 Å². The Morgan fingerprint density at radius 1 is 1.28 bits per heavy atom. The summed E-state index contributed by atoms with van der Waals surface area (Å²) in [5, 5.41) is 4.23. The molecule has 0 radical (unpaired) electrons. The minimum absolute atomic E-state index is 0.0555. The van der Waals surface area contributed by atoms with E-state index in [0.717, 1.165) is 6.07 Å². The van der Waals surface area contributed by atoms with Crippen molar-refractivity contribution in [1.82, 2.24) is 9.78 Å². The molecule has 1 fully saturated rings. The van der Waals surface area contributed by atoms with Crippen LogP contribution in [0, 0.1) is 19.7 Å². The molecule has 1 aromatic heterocycles. The number of benzene rings is 1. The number of aromatic nitrogens is 2. The van der Waals surface area contributed by atoms with Crippen molar-refractivity contribution in [3.8, 4) is 0 Å². The highest BCUT2D eigenvalue weighted by molar-refractivity contribution is 7.92. The number of sulfone groups is 1. The van der Waals surface area contributed by atoms with E-state index in [-0.39, 0.29) is 33.8 Å². The number of rotatable bonds is 4. The minimum Gasteiger partial charge on any atom is -0.277 e. The van der Waals surface area contributed by atoms with Gasteiger partial charge in [0.15, 0.2) is 9.84 Å². The zero-order chi connectivity index (χ0) is 18.4. The number of nitrogens with one attached hydrogen (secondary N) is 1. The van der Waals surface area contributed by atoms with Crippen molar-refractivity contribution < 1.29 is 21.2 Å². The first kappa shape index (κ1) is 17.9. The Morgan fingerprint density at radius 2 is 1.96 bits per heavy atom. The Balaban J connectivity index is 1.99. The van der Waals surface area contributed by atoms with Gasteiger partial charge in [-0.15, -0.1) is 0 Å². The molecule has 0 spiro atoms. The van der Waals surface area contributed by atoms with Crippen molar-refractivity contribution in [2.45, 2.75) is 31.2 Å². The van der Waals surface area contributed by atoms with Crippen molar-refractivity contribution in [3.63, 3.8) is 0 Å². The van der Waals surface area contributed by atoms with Crippen LogP contribution in [-0.4, -0.2) is 38.1 Å². The van der Waals surface area contributed by atoms with E-state index >= 15 is 0 Å². The fourth-order valence-corrected chi connectivity index (χ4v) is 6.26. The van der Waals surface area contributed by atoms with Gasteiger partial charge < -0.3 is 0 Å². The second kappa shape index (κ2) is 6.10. The maximum absolute atomic E-state index is 13.8. The SMILES string of the molecule is Cc1nn([C@@H]2CCS(=O)(=O)C2)c(C)c1S(=O)(=O)Nc1ccccc1F. The van der Waals surface area contributed by atoms with E-state index < -0.39 is 25.7 Å². The van der Waals surface area contributed by atoms with Crippen LogP contribution in [0.1, 0.15) is 23.9 Å². The van der Waals surface area contributed by atoms with Crippen LogP contribution in [0.2, 0.25) is 0 Å². The summed E-state index contributed by atoms with van der Waals surface area (Å²) in [6.45, 7) is 3.10. The minimum atomic E-state index is -4.06. The van der Waals surface area contributed by atoms with E-state index in [9.17, 15) is 21.2 Å². The molecule has 1 aliphatic rings. The molecule has 7 nitrogen and oxygen atoms in total. The summed E-state index contributed by atoms with van der Waals surface area (Å²) in [7, 11) is -7.19. The Hall–Kier alpha value is -1.94. The highest BCUT2D eigenvalue weighted by Gasteiger charge is 2.34. The average molecular weight is 387 g/mol. The fourth-order valence-electron chi connectivity index (χ4n) is 3.10. The Kier molecular flexibility index (Phi) is 4.36. The topological polar surface area (TPSA) is 98.1 Å². The largest absolute Gasteiger partial charge is 0.277 e. The van der Waals surface area contributed by atoms with E-state index in [1.165, 1.54) is 29.8 Å². The molecule has 1 N–H and O–H groups in total. The third-order valence-electron chi connectivity index (χ3n) is 4.20. The van der Waals surface area contributed by atoms with Gasteiger partial charge in [0.25, 0.3) is 10.0 Å². The number of anilines is 1. The molecule has 2 heterocycles. The number of hydrogen-bond acceptors (Lipinski definition) is 5. The van der Waals surface area contributed by atoms with E-state index in [1.807, 2.05) is 0 Å². The molecule has 0 saturated carbocycles. The highest BCUT2D eigenvalue weighted by Crippen LogP contribution is 2.30. The van der Waals surface area contributed by atoms with Crippen molar-refractivity contribution in [1.29, 1.82) is 0 Å². The molecule has 0 unspecified atom stereocenters. The standard InChI is InChI=1S/C15H18FN3O4S2/c1-10-15(25(22,23)18-14-6-4-3-5-13(14)16)11(2)19(17-10)12-7-8-24(20,21)9-12/h3-6,12,18H,7-9H2,1-2H3/t12-/m1/s1. The van der Waals surface area contributed by atoms with Crippen LogP contribution in [0.25, 0.3) is 0 Å². The normalized spacial score (nSPS) is 19.9. The first-order chi connectivity index (χ1) is 11.6. The quantitative estimate of drug-likeness (QED) is 0.863. The van der Waals surface area contributed by atoms with Gasteiger partial charge >= 0.3 is 0 Å². The van der Waals surface area contributed by atoms with Crippen LogP contribution in [-0.2, 0) is 19.9 Å². The number of sulfonamides is 1. The molecular weight excluding hydrogens is 369 g/mol. The summed E-state index contributed by atoms with van der Waals surface area (Å²) >= 11 is 0. The molecule has 1 saturated heterocycles. The lowest BCUT2D eigenvalue weighted by Crippen LogP contribution is -2.17. The second-order valence-electron chi connectivity index (χ2n) is 6.09. The van der Waals surface area contributed by atoms with Crippen molar-refractivity contribution >= 4 is 25.5 Å². The van der Waals surface area contributed by atoms with Gasteiger partial charge in [-0.3, -0.25) is 9.40 Å². The summed E-state index contributed by atoms with van der Waals surface area (Å²) < 4.78 is 66.2. The summed E-state index contributed by atoms with van der Waals surface area (Å²) in [5.74, 6) is -0.684. The van der Waals surface area contributed by atoms with Crippen LogP contribution in [0.3, 0.4) is 0 Å². The molecule has 0 amide bonds. The molecule has 0 aliphatic carbocycles. The first-order valence-electron chi connectivity index (χ1n) is 7.64. The van der Waals surface area contributed by atoms with Gasteiger partial charge in [0.2, 0.25) is 0 Å². The molecule has 2 aromatic rings. The Labute approximate surface area is 145 Å². The van der Waals surface area contributed by atoms with E-state index in [2.05, 4.69) is 9.82 Å². The number of para-hydroxylation sites is 1. The van der Waals surface area contributed by atoms with E-state index in [0.29, 0.717) is 12.1 Å². The number of nitrogens with zero attached hydrogens (tertiary/aromatic N) is 2. The van der Waals surface area contributed by atoms with Crippen molar-refractivity contribution in [2.24, 2.45) is 0 Å². The van der Waals surface area contributed by atoms with E-state index in [4.69, 9.17) is 0 Å². The maximum Gasteiger partial charge on any atom is 0.265 e. The van der Waals surface area contributed by atoms with Gasteiger partial charge in [-0.25, -0.2) is 21.2 Å². The molecule has 3 rings (SSSR count). The lowest BCUT2D eigenvalue weighted by molar-refractivity contribution is 0.484. The zero-order valence-corrected chi connectivity index (χ0v) is 15.4. The summed E-state index contributed by atoms with van der Waals surface area (Å²) in [6.07, 6.45) is 0.393. The maximum atomic E-state index is 13.8. The molecule has 0 bridgehead atoms. The summed E-state index contributed by atoms with van der Waals surface area (Å²) in [4.78, 5) is -0.0555. The lowest BCUT2D eigenvalue weighted by Gasteiger charge is -2.12. The van der Waals surface area contributed by atoms with Gasteiger partial charge in [0.05, 0.1) is 34.6 Å². The Bertz CT molecular complexity index is 1030. The molecular formula is C15H18FN3O4S2. The predicted molar refractivity (Wildman–Crippen MR) is 91.2 cm³/mol. The Morgan fingerprint density at radius 3 is 2.56 bits per heavy atom. The van der Waals surface area contributed by atoms with Crippen LogP contribution < -0.4 is 4.72 Å². The third kappa shape index (κ3) is 3.40. The molecule has 136 valence electrons. The fraction of sp³-hybridized carbons (Fsp3) is 0.400. The third-order valence-corrected chi connectivity index (χ3v) is 7.57. The average Bonchev–Trinajstić information content (AvgIpc) is 3.00. The highest BCUT2D eigenvalue weighted by atomic mass is 32.2. The first-order valence-corrected chi connectivity index (χ1v) is 10.9. The zero-order valence-electron chi connectivity index (χ0n) is 13.7. The van der Waals surface area contributed by atoms with Gasteiger partial charge in [-0.2, -0.15) is 5.10 Å². The van der Waals surface area contributed by atoms with Gasteiger partial charge in [-0.1, -0.05) is 12.1 Å². The number of aryl methyl sites for hydroxylation is 1. The van der Waals surface area contributed by atoms with Crippen LogP contribution >= 0.6 is 0 Å². The monoisotopic (exact) mass is 387 g/mol. The van der Waals surface area contributed by atoms with Gasteiger partial charge in [0, 0.05) is 0 Å². The number of hydrogen-bond donors (Lipinski definition) is 1. The van der Waals surface area contributed by atoms with Crippen LogP contribution in [0.15, 0.2) is 29.2 Å². The van der Waals surface area contributed by atoms with Gasteiger partial charge in [-0.05, 0) is 32.4 Å². The molecule has 10 heteroatoms. The lowest BCUT2D eigenvalue weighted by atomic mass is 10.2. The molecule has 1 aromatic carbocycles. The van der Waals surface area contributed by atoms with E-state index in [1.54, 1.807) is 6.92 Å². The number of halogens is 1. The second-order valence-corrected chi connectivity index (χ2v) is 9.93. The summed E-state index contributed by atoms with van der Waals surface area (Å²) in [6, 6.07) is 5.08. The van der Waals surface area contributed by atoms with Crippen LogP contribution in [0.5, 0.6) is 0 Å². The molecule has 25 heavy (non-hydrogen) atoms. The van der Waals surface area contributed by atoms with Gasteiger partial charge in [0.1, 0.15) is 10.7 Å². The van der Waals surface area contributed by atoms with Crippen LogP contribution in [0.4, 0.5) is 10.1 Å².